The highest BCUT2D eigenvalue weighted by molar-refractivity contribution is 5.27. The van der Waals surface area contributed by atoms with Crippen LogP contribution in [0, 0.1) is 23.2 Å². The number of hydrogen-bond acceptors (Lipinski definition) is 6. The highest BCUT2D eigenvalue weighted by atomic mass is 16.7. The number of rotatable bonds is 4. The first-order valence-electron chi connectivity index (χ1n) is 12.3. The van der Waals surface area contributed by atoms with Gasteiger partial charge < -0.3 is 28.4 Å². The predicted molar refractivity (Wildman–Crippen MR) is 109 cm³/mol. The Bertz CT molecular complexity index is 660. The van der Waals surface area contributed by atoms with E-state index in [4.69, 9.17) is 28.4 Å². The summed E-state index contributed by atoms with van der Waals surface area (Å²) in [6.07, 6.45) is 6.33. The van der Waals surface area contributed by atoms with Crippen LogP contribution in [-0.2, 0) is 28.4 Å². The summed E-state index contributed by atoms with van der Waals surface area (Å²) in [5, 5.41) is 0. The lowest BCUT2D eigenvalue weighted by Gasteiger charge is -2.53. The molecule has 0 N–H and O–H groups in total. The normalized spacial score (nSPS) is 59.6. The highest BCUT2D eigenvalue weighted by Gasteiger charge is 2.81. The zero-order valence-corrected chi connectivity index (χ0v) is 18.9. The van der Waals surface area contributed by atoms with Crippen LogP contribution in [0.5, 0.6) is 0 Å². The molecule has 0 spiro atoms. The Labute approximate surface area is 180 Å². The molecule has 6 aliphatic heterocycles. The van der Waals surface area contributed by atoms with Gasteiger partial charge in [-0.3, -0.25) is 0 Å². The van der Waals surface area contributed by atoms with Crippen LogP contribution in [0.15, 0.2) is 0 Å². The van der Waals surface area contributed by atoms with Gasteiger partial charge in [0.1, 0.15) is 11.7 Å². The first-order chi connectivity index (χ1) is 14.4. The van der Waals surface area contributed by atoms with Crippen molar-refractivity contribution in [2.45, 2.75) is 115 Å². The third-order valence-corrected chi connectivity index (χ3v) is 9.37. The van der Waals surface area contributed by atoms with E-state index in [1.165, 1.54) is 0 Å². The lowest BCUT2D eigenvalue weighted by atomic mass is 9.52. The second kappa shape index (κ2) is 7.13. The van der Waals surface area contributed by atoms with Crippen LogP contribution in [0.4, 0.5) is 0 Å². The summed E-state index contributed by atoms with van der Waals surface area (Å²) in [7, 11) is 0. The van der Waals surface area contributed by atoms with Gasteiger partial charge in [-0.25, -0.2) is 0 Å². The third-order valence-electron chi connectivity index (χ3n) is 9.37. The smallest absolute Gasteiger partial charge is 0.158 e. The van der Waals surface area contributed by atoms with Crippen molar-refractivity contribution in [3.63, 3.8) is 0 Å². The molecule has 0 aliphatic carbocycles. The van der Waals surface area contributed by atoms with Crippen molar-refractivity contribution < 1.29 is 28.4 Å². The van der Waals surface area contributed by atoms with E-state index in [0.717, 1.165) is 51.7 Å². The van der Waals surface area contributed by atoms with Crippen LogP contribution < -0.4 is 0 Å². The molecule has 0 radical (unpaired) electrons. The fraction of sp³-hybridized carbons (Fsp3) is 1.00. The van der Waals surface area contributed by atoms with Crippen molar-refractivity contribution in [2.75, 3.05) is 13.2 Å². The topological polar surface area (TPSA) is 55.4 Å². The quantitative estimate of drug-likeness (QED) is 0.645. The molecule has 0 aromatic rings. The van der Waals surface area contributed by atoms with Crippen molar-refractivity contribution in [1.29, 1.82) is 0 Å². The molecule has 170 valence electrons. The van der Waals surface area contributed by atoms with Crippen molar-refractivity contribution >= 4 is 0 Å². The molecule has 0 aromatic carbocycles. The largest absolute Gasteiger partial charge is 0.373 e. The van der Waals surface area contributed by atoms with E-state index in [1.807, 2.05) is 0 Å². The molecule has 0 saturated carbocycles. The molecule has 6 fully saturated rings. The molecule has 12 unspecified atom stereocenters. The number of hydrogen-bond donors (Lipinski definition) is 0. The maximum absolute atomic E-state index is 6.79. The fourth-order valence-corrected chi connectivity index (χ4v) is 7.81. The first kappa shape index (κ1) is 20.4. The molecule has 6 nitrogen and oxygen atoms in total. The molecule has 6 heterocycles. The van der Waals surface area contributed by atoms with Gasteiger partial charge in [-0.05, 0) is 57.3 Å². The Morgan fingerprint density at radius 3 is 2.17 bits per heavy atom. The Kier molecular flexibility index (Phi) is 4.84. The fourth-order valence-electron chi connectivity index (χ4n) is 7.81. The maximum Gasteiger partial charge on any atom is 0.158 e. The van der Waals surface area contributed by atoms with Crippen molar-refractivity contribution in [1.82, 2.24) is 0 Å². The lowest BCUT2D eigenvalue weighted by Crippen LogP contribution is -2.67. The van der Waals surface area contributed by atoms with Gasteiger partial charge in [0, 0.05) is 24.5 Å². The molecule has 6 saturated heterocycles. The van der Waals surface area contributed by atoms with Gasteiger partial charge in [-0.2, -0.15) is 0 Å². The van der Waals surface area contributed by atoms with E-state index in [-0.39, 0.29) is 48.5 Å². The van der Waals surface area contributed by atoms with Crippen LogP contribution >= 0.6 is 0 Å². The van der Waals surface area contributed by atoms with E-state index >= 15 is 0 Å². The average Bonchev–Trinajstić information content (AvgIpc) is 3.41. The Morgan fingerprint density at radius 1 is 0.800 bits per heavy atom. The van der Waals surface area contributed by atoms with Gasteiger partial charge in [0.25, 0.3) is 0 Å². The summed E-state index contributed by atoms with van der Waals surface area (Å²) in [4.78, 5) is 0. The summed E-state index contributed by atoms with van der Waals surface area (Å²) in [6, 6.07) is 0. The molecular formula is C24H38O6. The second-order valence-corrected chi connectivity index (χ2v) is 11.1. The average molecular weight is 423 g/mol. The molecular weight excluding hydrogens is 384 g/mol. The molecule has 0 aromatic heterocycles. The van der Waals surface area contributed by atoms with Gasteiger partial charge in [0.15, 0.2) is 12.6 Å². The molecule has 6 rings (SSSR count). The summed E-state index contributed by atoms with van der Waals surface area (Å²) in [5.74, 6) is 1.45. The van der Waals surface area contributed by atoms with Gasteiger partial charge in [-0.15, -0.1) is 0 Å². The Hall–Kier alpha value is -0.240. The van der Waals surface area contributed by atoms with Gasteiger partial charge >= 0.3 is 0 Å². The summed E-state index contributed by atoms with van der Waals surface area (Å²) in [5.41, 5.74) is -0.604. The SMILES string of the molecule is CC1C(C)C2OC1C1C3OC(C(C)(OC4CCCCO4)C3OC3CCCCO3)C21C. The van der Waals surface area contributed by atoms with E-state index in [2.05, 4.69) is 27.7 Å². The van der Waals surface area contributed by atoms with E-state index in [9.17, 15) is 0 Å². The van der Waals surface area contributed by atoms with Crippen molar-refractivity contribution in [3.05, 3.63) is 0 Å². The number of fused-ring (bicyclic) bond motifs is 9. The predicted octanol–water partition coefficient (Wildman–Crippen LogP) is 3.66. The van der Waals surface area contributed by atoms with Crippen LogP contribution in [0.2, 0.25) is 0 Å². The van der Waals surface area contributed by atoms with Crippen molar-refractivity contribution in [2.24, 2.45) is 23.2 Å². The monoisotopic (exact) mass is 422 g/mol. The minimum absolute atomic E-state index is 0.0101. The Balaban J connectivity index is 1.33. The lowest BCUT2D eigenvalue weighted by molar-refractivity contribution is -0.295. The van der Waals surface area contributed by atoms with E-state index < -0.39 is 5.60 Å². The zero-order valence-electron chi connectivity index (χ0n) is 18.9. The van der Waals surface area contributed by atoms with Crippen LogP contribution in [0.1, 0.15) is 66.2 Å². The summed E-state index contributed by atoms with van der Waals surface area (Å²) >= 11 is 0. The minimum atomic E-state index is -0.560. The molecule has 0 amide bonds. The third kappa shape index (κ3) is 2.64. The van der Waals surface area contributed by atoms with Gasteiger partial charge in [-0.1, -0.05) is 20.8 Å². The standard InChI is InChI=1S/C24H38O6/c1-13-14(2)20-23(3)17(18(13)28-20)19-21(27-15-9-5-7-11-25-15)24(4,22(23)29-19)30-16-10-6-8-12-26-16/h13-22H,5-12H2,1-4H3. The minimum Gasteiger partial charge on any atom is -0.373 e. The Morgan fingerprint density at radius 2 is 1.50 bits per heavy atom. The van der Waals surface area contributed by atoms with Gasteiger partial charge in [0.2, 0.25) is 0 Å². The van der Waals surface area contributed by atoms with Gasteiger partial charge in [0.05, 0.1) is 24.4 Å². The van der Waals surface area contributed by atoms with E-state index in [1.54, 1.807) is 0 Å². The maximum atomic E-state index is 6.79. The van der Waals surface area contributed by atoms with Crippen LogP contribution in [0.25, 0.3) is 0 Å². The molecule has 30 heavy (non-hydrogen) atoms. The summed E-state index contributed by atoms with van der Waals surface area (Å²) in [6.45, 7) is 10.8. The molecule has 6 heteroatoms. The summed E-state index contributed by atoms with van der Waals surface area (Å²) < 4.78 is 38.8. The van der Waals surface area contributed by atoms with Crippen LogP contribution in [0.3, 0.4) is 0 Å². The second-order valence-electron chi connectivity index (χ2n) is 11.1. The highest BCUT2D eigenvalue weighted by Crippen LogP contribution is 2.69. The number of ether oxygens (including phenoxy) is 6. The molecule has 12 atom stereocenters. The first-order valence-corrected chi connectivity index (χ1v) is 12.3. The zero-order chi connectivity index (χ0) is 20.7. The van der Waals surface area contributed by atoms with Crippen molar-refractivity contribution in [3.8, 4) is 0 Å². The molecule has 6 aliphatic rings. The van der Waals surface area contributed by atoms with E-state index in [0.29, 0.717) is 17.8 Å². The molecule has 4 bridgehead atoms. The van der Waals surface area contributed by atoms with Crippen LogP contribution in [-0.4, -0.2) is 61.9 Å².